The van der Waals surface area contributed by atoms with E-state index in [1.807, 2.05) is 24.3 Å². The van der Waals surface area contributed by atoms with Gasteiger partial charge in [0.05, 0.1) is 5.41 Å². The average Bonchev–Trinajstić information content (AvgIpc) is 2.46. The minimum absolute atomic E-state index is 0.657. The molecule has 0 unspecified atom stereocenters. The first-order valence-corrected chi connectivity index (χ1v) is 7.59. The maximum Gasteiger partial charge on any atom is 0.314 e. The van der Waals surface area contributed by atoms with Crippen LogP contribution in [0.5, 0.6) is 0 Å². The zero-order valence-corrected chi connectivity index (χ0v) is 12.3. The molecule has 1 aliphatic carbocycles. The molecule has 0 amide bonds. The smallest absolute Gasteiger partial charge is 0.314 e. The third kappa shape index (κ3) is 2.25. The van der Waals surface area contributed by atoms with Crippen LogP contribution in [0, 0.1) is 0 Å². The lowest BCUT2D eigenvalue weighted by molar-refractivity contribution is -0.147. The fourth-order valence-electron chi connectivity index (χ4n) is 3.23. The van der Waals surface area contributed by atoms with Gasteiger partial charge >= 0.3 is 5.97 Å². The highest BCUT2D eigenvalue weighted by atomic mass is 16.4. The van der Waals surface area contributed by atoms with Crippen molar-refractivity contribution in [1.29, 1.82) is 0 Å². The maximum atomic E-state index is 11.7. The van der Waals surface area contributed by atoms with Crippen LogP contribution in [0.3, 0.4) is 0 Å². The molecule has 0 atom stereocenters. The van der Waals surface area contributed by atoms with Crippen molar-refractivity contribution in [2.24, 2.45) is 0 Å². The Morgan fingerprint density at radius 3 is 2.38 bits per heavy atom. The van der Waals surface area contributed by atoms with E-state index in [4.69, 9.17) is 0 Å². The van der Waals surface area contributed by atoms with Gasteiger partial charge in [-0.2, -0.15) is 0 Å². The van der Waals surface area contributed by atoms with Gasteiger partial charge in [-0.3, -0.25) is 4.79 Å². The summed E-state index contributed by atoms with van der Waals surface area (Å²) < 4.78 is 0. The summed E-state index contributed by atoms with van der Waals surface area (Å²) >= 11 is 0. The van der Waals surface area contributed by atoms with E-state index < -0.39 is 11.4 Å². The van der Waals surface area contributed by atoms with Crippen molar-refractivity contribution in [2.45, 2.75) is 38.0 Å². The second-order valence-corrected chi connectivity index (χ2v) is 5.83. The molecule has 2 aromatic rings. The predicted octanol–water partition coefficient (Wildman–Crippen LogP) is 4.42. The maximum absolute atomic E-state index is 11.7. The second kappa shape index (κ2) is 5.36. The summed E-state index contributed by atoms with van der Waals surface area (Å²) in [6.45, 7) is 2.14. The molecule has 0 saturated heterocycles. The molecule has 0 heterocycles. The Bertz CT molecular complexity index is 655. The molecule has 108 valence electrons. The van der Waals surface area contributed by atoms with E-state index in [2.05, 4.69) is 31.2 Å². The summed E-state index contributed by atoms with van der Waals surface area (Å²) in [7, 11) is 0. The lowest BCUT2D eigenvalue weighted by Gasteiger charge is -2.38. The number of carboxylic acid groups (broad SMARTS) is 1. The standard InChI is InChI=1S/C19H20O2/c1-2-14-9-10-16(19(18(20)21)11-6-12-19)13-17(14)15-7-4-3-5-8-15/h3-5,7-10,13H,2,6,11-12H2,1H3,(H,20,21). The van der Waals surface area contributed by atoms with Crippen LogP contribution in [0.2, 0.25) is 0 Å². The predicted molar refractivity (Wildman–Crippen MR) is 84.4 cm³/mol. The van der Waals surface area contributed by atoms with Crippen molar-refractivity contribution in [3.8, 4) is 11.1 Å². The summed E-state index contributed by atoms with van der Waals surface area (Å²) in [6, 6.07) is 16.4. The molecule has 0 radical (unpaired) electrons. The lowest BCUT2D eigenvalue weighted by atomic mass is 9.64. The van der Waals surface area contributed by atoms with E-state index in [9.17, 15) is 9.90 Å². The van der Waals surface area contributed by atoms with E-state index in [1.54, 1.807) is 0 Å². The third-order valence-corrected chi connectivity index (χ3v) is 4.74. The lowest BCUT2D eigenvalue weighted by Crippen LogP contribution is -2.42. The van der Waals surface area contributed by atoms with Gasteiger partial charge in [0, 0.05) is 0 Å². The van der Waals surface area contributed by atoms with E-state index >= 15 is 0 Å². The largest absolute Gasteiger partial charge is 0.481 e. The van der Waals surface area contributed by atoms with Crippen LogP contribution >= 0.6 is 0 Å². The fourth-order valence-corrected chi connectivity index (χ4v) is 3.23. The van der Waals surface area contributed by atoms with Gasteiger partial charge in [-0.1, -0.05) is 55.8 Å². The van der Waals surface area contributed by atoms with Crippen LogP contribution in [-0.2, 0) is 16.6 Å². The summed E-state index contributed by atoms with van der Waals surface area (Å²) in [5.41, 5.74) is 3.90. The number of benzene rings is 2. The molecule has 0 spiro atoms. The number of aliphatic carboxylic acids is 1. The van der Waals surface area contributed by atoms with Crippen LogP contribution in [0.1, 0.15) is 37.3 Å². The van der Waals surface area contributed by atoms with Crippen molar-refractivity contribution >= 4 is 5.97 Å². The molecule has 0 bridgehead atoms. The molecule has 21 heavy (non-hydrogen) atoms. The van der Waals surface area contributed by atoms with Crippen molar-refractivity contribution in [3.63, 3.8) is 0 Å². The molecule has 1 N–H and O–H groups in total. The first-order chi connectivity index (χ1) is 10.2. The Morgan fingerprint density at radius 1 is 1.14 bits per heavy atom. The van der Waals surface area contributed by atoms with Crippen LogP contribution in [0.25, 0.3) is 11.1 Å². The number of carboxylic acids is 1. The minimum Gasteiger partial charge on any atom is -0.481 e. The zero-order valence-electron chi connectivity index (χ0n) is 12.3. The number of rotatable bonds is 4. The van der Waals surface area contributed by atoms with Gasteiger partial charge in [0.1, 0.15) is 0 Å². The number of carbonyl (C=O) groups is 1. The van der Waals surface area contributed by atoms with Crippen molar-refractivity contribution in [3.05, 3.63) is 59.7 Å². The quantitative estimate of drug-likeness (QED) is 0.900. The Kier molecular flexibility index (Phi) is 3.54. The normalized spacial score (nSPS) is 16.2. The Labute approximate surface area is 125 Å². The molecule has 1 saturated carbocycles. The Balaban J connectivity index is 2.12. The van der Waals surface area contributed by atoms with Crippen molar-refractivity contribution in [2.75, 3.05) is 0 Å². The van der Waals surface area contributed by atoms with Gasteiger partial charge < -0.3 is 5.11 Å². The number of aryl methyl sites for hydroxylation is 1. The molecule has 0 aromatic heterocycles. The monoisotopic (exact) mass is 280 g/mol. The average molecular weight is 280 g/mol. The summed E-state index contributed by atoms with van der Waals surface area (Å²) in [5, 5.41) is 9.63. The SMILES string of the molecule is CCc1ccc(C2(C(=O)O)CCC2)cc1-c1ccccc1. The minimum atomic E-state index is -0.683. The van der Waals surface area contributed by atoms with Gasteiger partial charge in [-0.25, -0.2) is 0 Å². The second-order valence-electron chi connectivity index (χ2n) is 5.83. The fraction of sp³-hybridized carbons (Fsp3) is 0.316. The van der Waals surface area contributed by atoms with Crippen LogP contribution < -0.4 is 0 Å². The van der Waals surface area contributed by atoms with E-state index in [0.717, 1.165) is 36.8 Å². The van der Waals surface area contributed by atoms with Gasteiger partial charge in [0.25, 0.3) is 0 Å². The number of hydrogen-bond acceptors (Lipinski definition) is 1. The molecule has 0 aliphatic heterocycles. The molecule has 2 aromatic carbocycles. The molecule has 2 heteroatoms. The molecular weight excluding hydrogens is 260 g/mol. The topological polar surface area (TPSA) is 37.3 Å². The molecule has 1 fully saturated rings. The molecular formula is C19H20O2. The van der Waals surface area contributed by atoms with Crippen molar-refractivity contribution in [1.82, 2.24) is 0 Å². The first-order valence-electron chi connectivity index (χ1n) is 7.59. The number of hydrogen-bond donors (Lipinski definition) is 1. The highest BCUT2D eigenvalue weighted by Crippen LogP contribution is 2.45. The van der Waals surface area contributed by atoms with Crippen LogP contribution in [-0.4, -0.2) is 11.1 Å². The van der Waals surface area contributed by atoms with Gasteiger partial charge in [0.15, 0.2) is 0 Å². The Hall–Kier alpha value is -2.09. The third-order valence-electron chi connectivity index (χ3n) is 4.74. The summed E-state index contributed by atoms with van der Waals surface area (Å²) in [6.07, 6.45) is 3.46. The summed E-state index contributed by atoms with van der Waals surface area (Å²) in [4.78, 5) is 11.7. The molecule has 1 aliphatic rings. The highest BCUT2D eigenvalue weighted by molar-refractivity contribution is 5.83. The van der Waals surface area contributed by atoms with Gasteiger partial charge in [-0.05, 0) is 47.6 Å². The van der Waals surface area contributed by atoms with Crippen molar-refractivity contribution < 1.29 is 9.90 Å². The zero-order chi connectivity index (χ0) is 14.9. The van der Waals surface area contributed by atoms with E-state index in [0.29, 0.717) is 0 Å². The van der Waals surface area contributed by atoms with Gasteiger partial charge in [-0.15, -0.1) is 0 Å². The first kappa shape index (κ1) is 13.9. The van der Waals surface area contributed by atoms with Gasteiger partial charge in [0.2, 0.25) is 0 Å². The van der Waals surface area contributed by atoms with Crippen LogP contribution in [0.4, 0.5) is 0 Å². The summed E-state index contributed by atoms with van der Waals surface area (Å²) in [5.74, 6) is -0.683. The highest BCUT2D eigenvalue weighted by Gasteiger charge is 2.46. The van der Waals surface area contributed by atoms with E-state index in [-0.39, 0.29) is 0 Å². The Morgan fingerprint density at radius 2 is 1.86 bits per heavy atom. The molecule has 3 rings (SSSR count). The molecule has 2 nitrogen and oxygen atoms in total. The van der Waals surface area contributed by atoms with E-state index in [1.165, 1.54) is 11.1 Å². The van der Waals surface area contributed by atoms with Crippen LogP contribution in [0.15, 0.2) is 48.5 Å².